The van der Waals surface area contributed by atoms with Crippen LogP contribution >= 0.6 is 11.8 Å². The van der Waals surface area contributed by atoms with Crippen molar-refractivity contribution in [3.63, 3.8) is 0 Å². The lowest BCUT2D eigenvalue weighted by Gasteiger charge is -2.32. The Morgan fingerprint density at radius 3 is 2.58 bits per heavy atom. The average molecular weight is 437 g/mol. The monoisotopic (exact) mass is 437 g/mol. The summed E-state index contributed by atoms with van der Waals surface area (Å²) < 4.78 is 5.52. The maximum absolute atomic E-state index is 13.2. The van der Waals surface area contributed by atoms with Crippen molar-refractivity contribution >= 4 is 34.5 Å². The molecule has 0 unspecified atom stereocenters. The molecule has 0 aliphatic carbocycles. The van der Waals surface area contributed by atoms with Gasteiger partial charge in [0.2, 0.25) is 5.91 Å². The number of amides is 1. The van der Waals surface area contributed by atoms with Crippen molar-refractivity contribution in [2.24, 2.45) is 4.99 Å². The zero-order valence-corrected chi connectivity index (χ0v) is 17.7. The molecule has 2 aromatic carbocycles. The van der Waals surface area contributed by atoms with Crippen molar-refractivity contribution in [2.75, 3.05) is 0 Å². The number of aliphatic imine (C=N–C) groups is 1. The highest BCUT2D eigenvalue weighted by atomic mass is 32.2. The van der Waals surface area contributed by atoms with E-state index in [0.717, 1.165) is 5.56 Å². The number of para-hydroxylation sites is 1. The van der Waals surface area contributed by atoms with E-state index in [1.807, 2.05) is 30.3 Å². The Labute approximate surface area is 182 Å². The number of nitrogens with zero attached hydrogens (tertiary/aromatic N) is 3. The second-order valence-electron chi connectivity index (χ2n) is 7.14. The Bertz CT molecular complexity index is 1130. The van der Waals surface area contributed by atoms with E-state index in [-0.39, 0.29) is 29.3 Å². The van der Waals surface area contributed by atoms with Gasteiger partial charge in [0.25, 0.3) is 5.69 Å². The minimum absolute atomic E-state index is 0.0374. The van der Waals surface area contributed by atoms with Gasteiger partial charge in [0.1, 0.15) is 12.6 Å². The summed E-state index contributed by atoms with van der Waals surface area (Å²) >= 11 is 1.27. The van der Waals surface area contributed by atoms with E-state index in [1.165, 1.54) is 22.7 Å². The number of hydrogen-bond donors (Lipinski definition) is 0. The molecule has 1 amide bonds. The van der Waals surface area contributed by atoms with Crippen molar-refractivity contribution in [1.82, 2.24) is 4.90 Å². The van der Waals surface area contributed by atoms with Crippen LogP contribution in [0.2, 0.25) is 0 Å². The van der Waals surface area contributed by atoms with Crippen LogP contribution in [0.1, 0.15) is 31.0 Å². The largest absolute Gasteiger partial charge is 0.457 e. The van der Waals surface area contributed by atoms with Crippen molar-refractivity contribution in [3.8, 4) is 0 Å². The first-order chi connectivity index (χ1) is 14.9. The SMILES string of the molecule is CC1=C(C(=O)OCc2ccccc2)[C@@H](c2ccccc2[N+](=O)[O-])N2C(=O)[C@@H](C)SC2=N1. The highest BCUT2D eigenvalue weighted by molar-refractivity contribution is 8.15. The van der Waals surface area contributed by atoms with Crippen LogP contribution in [0.5, 0.6) is 0 Å². The average Bonchev–Trinajstić information content (AvgIpc) is 3.04. The molecule has 2 heterocycles. The van der Waals surface area contributed by atoms with Crippen LogP contribution in [0.3, 0.4) is 0 Å². The third kappa shape index (κ3) is 3.84. The number of nitro benzene ring substituents is 1. The number of rotatable bonds is 5. The molecular formula is C22H19N3O5S. The van der Waals surface area contributed by atoms with Gasteiger partial charge in [-0.25, -0.2) is 9.79 Å². The first-order valence-corrected chi connectivity index (χ1v) is 10.5. The zero-order valence-electron chi connectivity index (χ0n) is 16.8. The predicted molar refractivity (Wildman–Crippen MR) is 116 cm³/mol. The van der Waals surface area contributed by atoms with Crippen LogP contribution in [-0.2, 0) is 20.9 Å². The summed E-state index contributed by atoms with van der Waals surface area (Å²) in [7, 11) is 0. The molecular weight excluding hydrogens is 418 g/mol. The van der Waals surface area contributed by atoms with Crippen LogP contribution in [0.25, 0.3) is 0 Å². The first kappa shape index (κ1) is 20.8. The van der Waals surface area contributed by atoms with Crippen molar-refractivity contribution in [3.05, 3.63) is 87.1 Å². The number of ether oxygens (including phenoxy) is 1. The van der Waals surface area contributed by atoms with Crippen molar-refractivity contribution in [1.29, 1.82) is 0 Å². The lowest BCUT2D eigenvalue weighted by molar-refractivity contribution is -0.385. The van der Waals surface area contributed by atoms with Gasteiger partial charge in [0.05, 0.1) is 27.0 Å². The van der Waals surface area contributed by atoms with E-state index in [0.29, 0.717) is 10.9 Å². The van der Waals surface area contributed by atoms with Gasteiger partial charge in [0.15, 0.2) is 5.17 Å². The van der Waals surface area contributed by atoms with Gasteiger partial charge in [0, 0.05) is 6.07 Å². The van der Waals surface area contributed by atoms with Gasteiger partial charge in [-0.1, -0.05) is 54.2 Å². The smallest absolute Gasteiger partial charge is 0.338 e. The topological polar surface area (TPSA) is 102 Å². The normalized spacial score (nSPS) is 20.4. The molecule has 9 heteroatoms. The lowest BCUT2D eigenvalue weighted by atomic mass is 9.93. The second kappa shape index (κ2) is 8.35. The molecule has 2 aliphatic heterocycles. The Morgan fingerprint density at radius 1 is 1.19 bits per heavy atom. The van der Waals surface area contributed by atoms with E-state index in [4.69, 9.17) is 4.74 Å². The van der Waals surface area contributed by atoms with E-state index in [9.17, 15) is 19.7 Å². The summed E-state index contributed by atoms with van der Waals surface area (Å²) in [6.07, 6.45) is 0. The van der Waals surface area contributed by atoms with E-state index in [2.05, 4.69) is 4.99 Å². The molecule has 2 aliphatic rings. The number of fused-ring (bicyclic) bond motifs is 1. The molecule has 158 valence electrons. The molecule has 0 saturated carbocycles. The fraction of sp³-hybridized carbons (Fsp3) is 0.227. The number of carbonyl (C=O) groups is 2. The fourth-order valence-electron chi connectivity index (χ4n) is 3.64. The molecule has 4 rings (SSSR count). The Morgan fingerprint density at radius 2 is 1.87 bits per heavy atom. The van der Waals surface area contributed by atoms with Crippen LogP contribution in [0.15, 0.2) is 70.9 Å². The second-order valence-corrected chi connectivity index (χ2v) is 8.45. The standard InChI is InChI=1S/C22H19N3O5S/c1-13-18(21(27)30-12-15-8-4-3-5-9-15)19(16-10-6-7-11-17(16)25(28)29)24-20(26)14(2)31-22(24)23-13/h3-11,14,19H,12H2,1-2H3/t14-,19-/m1/s1. The number of carbonyl (C=O) groups excluding carboxylic acids is 2. The minimum Gasteiger partial charge on any atom is -0.457 e. The molecule has 0 bridgehead atoms. The van der Waals surface area contributed by atoms with Crippen molar-refractivity contribution < 1.29 is 19.2 Å². The van der Waals surface area contributed by atoms with Gasteiger partial charge >= 0.3 is 5.97 Å². The van der Waals surface area contributed by atoms with Gasteiger partial charge < -0.3 is 4.74 Å². The summed E-state index contributed by atoms with van der Waals surface area (Å²) in [4.78, 5) is 43.1. The third-order valence-electron chi connectivity index (χ3n) is 5.12. The number of thioether (sulfide) groups is 1. The van der Waals surface area contributed by atoms with Crippen LogP contribution in [-0.4, -0.2) is 32.1 Å². The first-order valence-electron chi connectivity index (χ1n) is 9.62. The van der Waals surface area contributed by atoms with Gasteiger partial charge in [-0.15, -0.1) is 0 Å². The molecule has 8 nitrogen and oxygen atoms in total. The highest BCUT2D eigenvalue weighted by Gasteiger charge is 2.48. The summed E-state index contributed by atoms with van der Waals surface area (Å²) in [5.74, 6) is -0.919. The predicted octanol–water partition coefficient (Wildman–Crippen LogP) is 3.99. The van der Waals surface area contributed by atoms with E-state index >= 15 is 0 Å². The Balaban J connectivity index is 1.78. The number of amidine groups is 1. The number of hydrogen-bond acceptors (Lipinski definition) is 7. The molecule has 2 aromatic rings. The summed E-state index contributed by atoms with van der Waals surface area (Å²) in [6, 6.07) is 14.3. The third-order valence-corrected chi connectivity index (χ3v) is 6.17. The molecule has 31 heavy (non-hydrogen) atoms. The van der Waals surface area contributed by atoms with E-state index in [1.54, 1.807) is 32.0 Å². The Kier molecular flexibility index (Phi) is 5.60. The zero-order chi connectivity index (χ0) is 22.1. The van der Waals surface area contributed by atoms with E-state index < -0.39 is 22.2 Å². The maximum Gasteiger partial charge on any atom is 0.338 e. The van der Waals surface area contributed by atoms with Gasteiger partial charge in [-0.2, -0.15) is 0 Å². The van der Waals surface area contributed by atoms with Crippen molar-refractivity contribution in [2.45, 2.75) is 31.7 Å². The molecule has 2 atom stereocenters. The Hall–Kier alpha value is -3.46. The van der Waals surface area contributed by atoms with Crippen LogP contribution in [0.4, 0.5) is 5.69 Å². The quantitative estimate of drug-likeness (QED) is 0.398. The minimum atomic E-state index is -0.984. The van der Waals surface area contributed by atoms with Gasteiger partial charge in [-0.3, -0.25) is 19.8 Å². The highest BCUT2D eigenvalue weighted by Crippen LogP contribution is 2.45. The fourth-order valence-corrected chi connectivity index (χ4v) is 4.67. The molecule has 0 spiro atoms. The summed E-state index contributed by atoms with van der Waals surface area (Å²) in [6.45, 7) is 3.43. The number of benzene rings is 2. The van der Waals surface area contributed by atoms with Crippen LogP contribution < -0.4 is 0 Å². The number of nitro groups is 1. The van der Waals surface area contributed by atoms with Gasteiger partial charge in [-0.05, 0) is 25.5 Å². The molecule has 0 aromatic heterocycles. The molecule has 0 radical (unpaired) electrons. The summed E-state index contributed by atoms with van der Waals surface area (Å²) in [5.41, 5.74) is 1.37. The maximum atomic E-state index is 13.2. The summed E-state index contributed by atoms with van der Waals surface area (Å²) in [5, 5.41) is 11.7. The number of esters is 1. The lowest BCUT2D eigenvalue weighted by Crippen LogP contribution is -2.40. The number of allylic oxidation sites excluding steroid dienone is 1. The molecule has 1 fully saturated rings. The van der Waals surface area contributed by atoms with Crippen LogP contribution in [0, 0.1) is 10.1 Å². The molecule has 1 saturated heterocycles. The molecule has 0 N–H and O–H groups in total.